The van der Waals surface area contributed by atoms with E-state index in [4.69, 9.17) is 14.2 Å². The molecule has 3 aromatic rings. The Bertz CT molecular complexity index is 1310. The SMILES string of the molecule is COc1cccc(CN(C(=O)[C@H]2CNCC(=O)N2c2ccc(OCCCOCc3ccccc3)cc2)C2CC2)c1C. The van der Waals surface area contributed by atoms with E-state index in [2.05, 4.69) is 5.32 Å². The van der Waals surface area contributed by atoms with Crippen molar-refractivity contribution in [3.8, 4) is 11.5 Å². The summed E-state index contributed by atoms with van der Waals surface area (Å²) in [7, 11) is 1.66. The molecule has 1 saturated heterocycles. The van der Waals surface area contributed by atoms with Gasteiger partial charge in [0.2, 0.25) is 11.8 Å². The predicted molar refractivity (Wildman–Crippen MR) is 158 cm³/mol. The van der Waals surface area contributed by atoms with Crippen LogP contribution in [0.2, 0.25) is 0 Å². The minimum atomic E-state index is -0.615. The second-order valence-electron chi connectivity index (χ2n) is 10.6. The number of piperazine rings is 1. The molecule has 2 fully saturated rings. The third-order valence-corrected chi connectivity index (χ3v) is 7.64. The zero-order valence-corrected chi connectivity index (χ0v) is 23.9. The van der Waals surface area contributed by atoms with E-state index in [0.29, 0.717) is 38.6 Å². The highest BCUT2D eigenvalue weighted by Gasteiger charge is 2.41. The van der Waals surface area contributed by atoms with Crippen LogP contribution in [0.4, 0.5) is 5.69 Å². The summed E-state index contributed by atoms with van der Waals surface area (Å²) >= 11 is 0. The van der Waals surface area contributed by atoms with Crippen molar-refractivity contribution < 1.29 is 23.8 Å². The quantitative estimate of drug-likeness (QED) is 0.312. The van der Waals surface area contributed by atoms with Crippen LogP contribution in [-0.2, 0) is 27.5 Å². The number of carbonyl (C=O) groups excluding carboxylic acids is 2. The maximum atomic E-state index is 14.0. The van der Waals surface area contributed by atoms with Gasteiger partial charge < -0.3 is 24.4 Å². The van der Waals surface area contributed by atoms with Crippen molar-refractivity contribution in [1.29, 1.82) is 0 Å². The van der Waals surface area contributed by atoms with E-state index in [1.54, 1.807) is 12.0 Å². The standard InChI is InChI=1S/C33H39N3O5/c1-24-26(10-6-11-31(24)39-2)22-35(27-12-13-27)33(38)30-20-34-21-32(37)36(30)28-14-16-29(17-15-28)41-19-7-18-40-23-25-8-4-3-5-9-25/h3-6,8-11,14-17,27,30,34H,7,12-13,18-23H2,1-2H3/t30-/m1/s1. The van der Waals surface area contributed by atoms with Crippen LogP contribution in [0.5, 0.6) is 11.5 Å². The van der Waals surface area contributed by atoms with Gasteiger partial charge >= 0.3 is 0 Å². The van der Waals surface area contributed by atoms with Crippen LogP contribution in [0.3, 0.4) is 0 Å². The van der Waals surface area contributed by atoms with Gasteiger partial charge in [-0.2, -0.15) is 0 Å². The number of rotatable bonds is 13. The van der Waals surface area contributed by atoms with Crippen molar-refractivity contribution in [1.82, 2.24) is 10.2 Å². The van der Waals surface area contributed by atoms with Crippen LogP contribution in [0, 0.1) is 6.92 Å². The molecule has 41 heavy (non-hydrogen) atoms. The number of ether oxygens (including phenoxy) is 3. The predicted octanol–water partition coefficient (Wildman–Crippen LogP) is 4.49. The van der Waals surface area contributed by atoms with Gasteiger partial charge in [0.05, 0.1) is 33.5 Å². The highest BCUT2D eigenvalue weighted by Crippen LogP contribution is 2.33. The fourth-order valence-corrected chi connectivity index (χ4v) is 5.21. The number of hydrogen-bond donors (Lipinski definition) is 1. The van der Waals surface area contributed by atoms with Gasteiger partial charge in [0, 0.05) is 31.2 Å². The van der Waals surface area contributed by atoms with E-state index in [1.807, 2.05) is 84.6 Å². The molecule has 1 N–H and O–H groups in total. The van der Waals surface area contributed by atoms with Crippen molar-refractivity contribution in [2.24, 2.45) is 0 Å². The highest BCUT2D eigenvalue weighted by molar-refractivity contribution is 6.03. The summed E-state index contributed by atoms with van der Waals surface area (Å²) in [4.78, 5) is 30.7. The van der Waals surface area contributed by atoms with E-state index in [9.17, 15) is 9.59 Å². The summed E-state index contributed by atoms with van der Waals surface area (Å²) < 4.78 is 17.1. The number of hydrogen-bond acceptors (Lipinski definition) is 6. The Balaban J connectivity index is 1.20. The van der Waals surface area contributed by atoms with Gasteiger partial charge in [0.15, 0.2) is 0 Å². The molecule has 216 valence electrons. The number of carbonyl (C=O) groups is 2. The van der Waals surface area contributed by atoms with Crippen molar-refractivity contribution in [2.45, 2.75) is 51.4 Å². The van der Waals surface area contributed by atoms with Crippen molar-refractivity contribution in [3.05, 3.63) is 89.5 Å². The topological polar surface area (TPSA) is 80.3 Å². The Kier molecular flexibility index (Phi) is 9.54. The van der Waals surface area contributed by atoms with E-state index in [-0.39, 0.29) is 24.4 Å². The molecule has 2 aliphatic rings. The average molecular weight is 558 g/mol. The van der Waals surface area contributed by atoms with Gasteiger partial charge in [-0.05, 0) is 66.8 Å². The Labute approximate surface area is 242 Å². The molecule has 0 unspecified atom stereocenters. The van der Waals surface area contributed by atoms with Gasteiger partial charge in [0.25, 0.3) is 0 Å². The zero-order chi connectivity index (χ0) is 28.6. The number of methoxy groups -OCH3 is 1. The lowest BCUT2D eigenvalue weighted by molar-refractivity contribution is -0.136. The summed E-state index contributed by atoms with van der Waals surface area (Å²) in [5.74, 6) is 1.37. The van der Waals surface area contributed by atoms with Crippen LogP contribution in [-0.4, -0.2) is 62.2 Å². The molecule has 8 heteroatoms. The first kappa shape index (κ1) is 28.6. The second-order valence-corrected chi connectivity index (χ2v) is 10.6. The molecule has 2 amide bonds. The van der Waals surface area contributed by atoms with Crippen LogP contribution < -0.4 is 19.7 Å². The smallest absolute Gasteiger partial charge is 0.247 e. The summed E-state index contributed by atoms with van der Waals surface area (Å²) in [5.41, 5.74) is 3.93. The van der Waals surface area contributed by atoms with Crippen LogP contribution in [0.15, 0.2) is 72.8 Å². The normalized spacial score (nSPS) is 16.9. The molecule has 1 saturated carbocycles. The number of nitrogens with zero attached hydrogens (tertiary/aromatic N) is 2. The van der Waals surface area contributed by atoms with Gasteiger partial charge in [-0.25, -0.2) is 0 Å². The van der Waals surface area contributed by atoms with Gasteiger partial charge in [0.1, 0.15) is 17.5 Å². The molecule has 1 aliphatic heterocycles. The molecule has 0 bridgehead atoms. The molecule has 1 heterocycles. The summed E-state index contributed by atoms with van der Waals surface area (Å²) in [6.07, 6.45) is 2.73. The molecule has 0 radical (unpaired) electrons. The Hall–Kier alpha value is -3.88. The summed E-state index contributed by atoms with van der Waals surface area (Å²) in [6.45, 7) is 4.84. The van der Waals surface area contributed by atoms with E-state index in [1.165, 1.54) is 0 Å². The van der Waals surface area contributed by atoms with E-state index >= 15 is 0 Å². The molecule has 0 spiro atoms. The van der Waals surface area contributed by atoms with Crippen molar-refractivity contribution in [2.75, 3.05) is 38.3 Å². The number of nitrogens with one attached hydrogen (secondary N) is 1. The minimum absolute atomic E-state index is 0.0360. The van der Waals surface area contributed by atoms with Crippen molar-refractivity contribution >= 4 is 17.5 Å². The fourth-order valence-electron chi connectivity index (χ4n) is 5.21. The summed E-state index contributed by atoms with van der Waals surface area (Å²) in [5, 5.41) is 3.14. The first-order valence-corrected chi connectivity index (χ1v) is 14.4. The maximum Gasteiger partial charge on any atom is 0.247 e. The number of anilines is 1. The van der Waals surface area contributed by atoms with Crippen LogP contribution in [0.1, 0.15) is 36.0 Å². The molecule has 1 aliphatic carbocycles. The lowest BCUT2D eigenvalue weighted by atomic mass is 10.1. The molecule has 0 aromatic heterocycles. The summed E-state index contributed by atoms with van der Waals surface area (Å²) in [6, 6.07) is 23.0. The van der Waals surface area contributed by atoms with Gasteiger partial charge in [-0.3, -0.25) is 14.5 Å². The first-order valence-electron chi connectivity index (χ1n) is 14.4. The Morgan fingerprint density at radius 3 is 2.51 bits per heavy atom. The third kappa shape index (κ3) is 7.26. The van der Waals surface area contributed by atoms with Crippen LogP contribution in [0.25, 0.3) is 0 Å². The minimum Gasteiger partial charge on any atom is -0.496 e. The monoisotopic (exact) mass is 557 g/mol. The van der Waals surface area contributed by atoms with Gasteiger partial charge in [-0.1, -0.05) is 42.5 Å². The fraction of sp³-hybridized carbons (Fsp3) is 0.394. The van der Waals surface area contributed by atoms with E-state index < -0.39 is 6.04 Å². The number of benzene rings is 3. The van der Waals surface area contributed by atoms with Crippen molar-refractivity contribution in [3.63, 3.8) is 0 Å². The largest absolute Gasteiger partial charge is 0.496 e. The Morgan fingerprint density at radius 2 is 1.78 bits per heavy atom. The molecule has 1 atom stereocenters. The Morgan fingerprint density at radius 1 is 1.00 bits per heavy atom. The highest BCUT2D eigenvalue weighted by atomic mass is 16.5. The molecule has 5 rings (SSSR count). The molecular formula is C33H39N3O5. The maximum absolute atomic E-state index is 14.0. The molecular weight excluding hydrogens is 518 g/mol. The zero-order valence-electron chi connectivity index (χ0n) is 23.9. The molecule has 8 nitrogen and oxygen atoms in total. The van der Waals surface area contributed by atoms with E-state index in [0.717, 1.165) is 47.5 Å². The number of amides is 2. The second kappa shape index (κ2) is 13.7. The third-order valence-electron chi connectivity index (χ3n) is 7.64. The lowest BCUT2D eigenvalue weighted by Crippen LogP contribution is -2.61. The average Bonchev–Trinajstić information content (AvgIpc) is 3.84. The molecule has 3 aromatic carbocycles. The van der Waals surface area contributed by atoms with Crippen LogP contribution >= 0.6 is 0 Å². The lowest BCUT2D eigenvalue weighted by Gasteiger charge is -2.38. The first-order chi connectivity index (χ1) is 20.0. The van der Waals surface area contributed by atoms with Gasteiger partial charge in [-0.15, -0.1) is 0 Å².